The van der Waals surface area contributed by atoms with E-state index in [1.165, 1.54) is 0 Å². The second kappa shape index (κ2) is 9.95. The number of carbonyl (C=O) groups is 2. The summed E-state index contributed by atoms with van der Waals surface area (Å²) in [6, 6.07) is 7.63. The number of nitrogens with zero attached hydrogens (tertiary/aromatic N) is 1. The molecule has 0 aliphatic carbocycles. The van der Waals surface area contributed by atoms with Gasteiger partial charge in [-0.1, -0.05) is 37.5 Å². The molecule has 1 aromatic carbocycles. The summed E-state index contributed by atoms with van der Waals surface area (Å²) in [6.07, 6.45) is 3.25. The van der Waals surface area contributed by atoms with Crippen molar-refractivity contribution in [3.05, 3.63) is 29.8 Å². The lowest BCUT2D eigenvalue weighted by molar-refractivity contribution is -0.122. The maximum Gasteiger partial charge on any atom is 0.238 e. The summed E-state index contributed by atoms with van der Waals surface area (Å²) in [6.45, 7) is 5.25. The van der Waals surface area contributed by atoms with Crippen LogP contribution in [0.4, 0.5) is 5.69 Å². The summed E-state index contributed by atoms with van der Waals surface area (Å²) >= 11 is 0. The molecule has 5 nitrogen and oxygen atoms in total. The number of amides is 2. The smallest absolute Gasteiger partial charge is 0.238 e. The molecule has 0 saturated heterocycles. The second-order valence-electron chi connectivity index (χ2n) is 5.64. The SMILES string of the molecule is CCCCCNC(=O)CN(C)CC(=O)Nc1ccc(C)cc1. The number of hydrogen-bond donors (Lipinski definition) is 2. The summed E-state index contributed by atoms with van der Waals surface area (Å²) in [5.41, 5.74) is 1.92. The number of nitrogens with one attached hydrogen (secondary N) is 2. The third kappa shape index (κ3) is 7.78. The molecule has 0 saturated carbocycles. The van der Waals surface area contributed by atoms with Gasteiger partial charge in [0.1, 0.15) is 0 Å². The van der Waals surface area contributed by atoms with Gasteiger partial charge in [0, 0.05) is 12.2 Å². The minimum Gasteiger partial charge on any atom is -0.355 e. The summed E-state index contributed by atoms with van der Waals surface area (Å²) < 4.78 is 0. The average molecular weight is 305 g/mol. The highest BCUT2D eigenvalue weighted by Crippen LogP contribution is 2.08. The monoisotopic (exact) mass is 305 g/mol. The maximum absolute atomic E-state index is 11.9. The van der Waals surface area contributed by atoms with Crippen LogP contribution >= 0.6 is 0 Å². The molecule has 0 aromatic heterocycles. The van der Waals surface area contributed by atoms with E-state index in [1.54, 1.807) is 11.9 Å². The second-order valence-corrected chi connectivity index (χ2v) is 5.64. The molecular formula is C17H27N3O2. The van der Waals surface area contributed by atoms with Crippen molar-refractivity contribution in [3.63, 3.8) is 0 Å². The predicted molar refractivity (Wildman–Crippen MR) is 89.8 cm³/mol. The molecule has 1 aromatic rings. The van der Waals surface area contributed by atoms with Gasteiger partial charge in [-0.3, -0.25) is 14.5 Å². The summed E-state index contributed by atoms with van der Waals surface area (Å²) in [5.74, 6) is -0.160. The Morgan fingerprint density at radius 3 is 2.32 bits per heavy atom. The Balaban J connectivity index is 2.25. The predicted octanol–water partition coefficient (Wildman–Crippen LogP) is 2.17. The molecule has 0 bridgehead atoms. The van der Waals surface area contributed by atoms with Gasteiger partial charge < -0.3 is 10.6 Å². The fourth-order valence-corrected chi connectivity index (χ4v) is 2.04. The molecule has 0 radical (unpaired) electrons. The summed E-state index contributed by atoms with van der Waals surface area (Å²) in [5, 5.41) is 5.69. The minimum absolute atomic E-state index is 0.0401. The first kappa shape index (κ1) is 18.2. The van der Waals surface area contributed by atoms with Crippen molar-refractivity contribution in [2.24, 2.45) is 0 Å². The van der Waals surface area contributed by atoms with Crippen LogP contribution in [0, 0.1) is 6.92 Å². The van der Waals surface area contributed by atoms with Crippen molar-refractivity contribution < 1.29 is 9.59 Å². The Labute approximate surface area is 133 Å². The standard InChI is InChI=1S/C17H27N3O2/c1-4-5-6-11-18-16(21)12-20(3)13-17(22)19-15-9-7-14(2)8-10-15/h7-10H,4-6,11-13H2,1-3H3,(H,18,21)(H,19,22). The first-order valence-electron chi connectivity index (χ1n) is 7.83. The topological polar surface area (TPSA) is 61.4 Å². The number of hydrogen-bond acceptors (Lipinski definition) is 3. The zero-order valence-electron chi connectivity index (χ0n) is 13.8. The van der Waals surface area contributed by atoms with Crippen LogP contribution in [0.25, 0.3) is 0 Å². The fraction of sp³-hybridized carbons (Fsp3) is 0.529. The van der Waals surface area contributed by atoms with E-state index in [1.807, 2.05) is 31.2 Å². The van der Waals surface area contributed by atoms with E-state index in [2.05, 4.69) is 17.6 Å². The lowest BCUT2D eigenvalue weighted by Crippen LogP contribution is -2.39. The van der Waals surface area contributed by atoms with E-state index >= 15 is 0 Å². The van der Waals surface area contributed by atoms with Crippen LogP contribution in [0.2, 0.25) is 0 Å². The van der Waals surface area contributed by atoms with Gasteiger partial charge in [-0.15, -0.1) is 0 Å². The Morgan fingerprint density at radius 1 is 1.05 bits per heavy atom. The Bertz CT molecular complexity index is 471. The molecule has 122 valence electrons. The van der Waals surface area contributed by atoms with E-state index < -0.39 is 0 Å². The first-order chi connectivity index (χ1) is 10.5. The molecule has 0 aliphatic heterocycles. The molecule has 0 spiro atoms. The molecule has 0 heterocycles. The summed E-state index contributed by atoms with van der Waals surface area (Å²) in [7, 11) is 1.76. The van der Waals surface area contributed by atoms with Crippen LogP contribution in [0.15, 0.2) is 24.3 Å². The lowest BCUT2D eigenvalue weighted by Gasteiger charge is -2.16. The minimum atomic E-state index is -0.120. The third-order valence-electron chi connectivity index (χ3n) is 3.26. The van der Waals surface area contributed by atoms with Gasteiger partial charge in [-0.25, -0.2) is 0 Å². The Morgan fingerprint density at radius 2 is 1.68 bits per heavy atom. The van der Waals surface area contributed by atoms with Gasteiger partial charge in [0.15, 0.2) is 0 Å². The maximum atomic E-state index is 11.9. The number of anilines is 1. The zero-order valence-corrected chi connectivity index (χ0v) is 13.8. The lowest BCUT2D eigenvalue weighted by atomic mass is 10.2. The largest absolute Gasteiger partial charge is 0.355 e. The average Bonchev–Trinajstić information content (AvgIpc) is 2.46. The van der Waals surface area contributed by atoms with E-state index in [-0.39, 0.29) is 24.9 Å². The highest BCUT2D eigenvalue weighted by molar-refractivity contribution is 5.92. The molecule has 2 amide bonds. The number of carbonyl (C=O) groups excluding carboxylic acids is 2. The molecule has 0 fully saturated rings. The van der Waals surface area contributed by atoms with Gasteiger partial charge in [0.05, 0.1) is 13.1 Å². The zero-order chi connectivity index (χ0) is 16.4. The number of rotatable bonds is 9. The first-order valence-corrected chi connectivity index (χ1v) is 7.83. The number of unbranched alkanes of at least 4 members (excludes halogenated alkanes) is 2. The van der Waals surface area contributed by atoms with Crippen molar-refractivity contribution in [1.82, 2.24) is 10.2 Å². The number of benzene rings is 1. The van der Waals surface area contributed by atoms with Crippen molar-refractivity contribution in [1.29, 1.82) is 0 Å². The molecule has 2 N–H and O–H groups in total. The molecule has 0 atom stereocenters. The quantitative estimate of drug-likeness (QED) is 0.687. The molecule has 22 heavy (non-hydrogen) atoms. The van der Waals surface area contributed by atoms with Crippen molar-refractivity contribution in [2.45, 2.75) is 33.1 Å². The van der Waals surface area contributed by atoms with Crippen LogP contribution in [0.1, 0.15) is 31.7 Å². The van der Waals surface area contributed by atoms with Crippen LogP contribution < -0.4 is 10.6 Å². The van der Waals surface area contributed by atoms with Crippen molar-refractivity contribution >= 4 is 17.5 Å². The van der Waals surface area contributed by atoms with E-state index in [0.29, 0.717) is 6.54 Å². The van der Waals surface area contributed by atoms with Crippen LogP contribution in [0.3, 0.4) is 0 Å². The Hall–Kier alpha value is -1.88. The van der Waals surface area contributed by atoms with Crippen LogP contribution in [0.5, 0.6) is 0 Å². The molecular weight excluding hydrogens is 278 g/mol. The molecule has 0 unspecified atom stereocenters. The molecule has 1 rings (SSSR count). The van der Waals surface area contributed by atoms with Crippen LogP contribution in [-0.4, -0.2) is 43.4 Å². The van der Waals surface area contributed by atoms with Gasteiger partial charge >= 0.3 is 0 Å². The van der Waals surface area contributed by atoms with Gasteiger partial charge in [-0.05, 0) is 32.5 Å². The third-order valence-corrected chi connectivity index (χ3v) is 3.26. The van der Waals surface area contributed by atoms with Crippen molar-refractivity contribution in [3.8, 4) is 0 Å². The fourth-order valence-electron chi connectivity index (χ4n) is 2.04. The van der Waals surface area contributed by atoms with E-state index in [4.69, 9.17) is 0 Å². The molecule has 0 aliphatic rings. The molecule has 5 heteroatoms. The van der Waals surface area contributed by atoms with E-state index in [9.17, 15) is 9.59 Å². The van der Waals surface area contributed by atoms with E-state index in [0.717, 1.165) is 30.5 Å². The number of aryl methyl sites for hydroxylation is 1. The van der Waals surface area contributed by atoms with Gasteiger partial charge in [0.2, 0.25) is 11.8 Å². The van der Waals surface area contributed by atoms with Crippen molar-refractivity contribution in [2.75, 3.05) is 32.0 Å². The van der Waals surface area contributed by atoms with Crippen LogP contribution in [-0.2, 0) is 9.59 Å². The highest BCUT2D eigenvalue weighted by Gasteiger charge is 2.10. The highest BCUT2D eigenvalue weighted by atomic mass is 16.2. The summed E-state index contributed by atoms with van der Waals surface area (Å²) in [4.78, 5) is 25.3. The van der Waals surface area contributed by atoms with Gasteiger partial charge in [0.25, 0.3) is 0 Å². The normalized spacial score (nSPS) is 10.5. The number of likely N-dealkylation sites (N-methyl/N-ethyl adjacent to an activating group) is 1. The Kier molecular flexibility index (Phi) is 8.22. The van der Waals surface area contributed by atoms with Gasteiger partial charge in [-0.2, -0.15) is 0 Å².